The number of carbonyl (C=O) groups excluding carboxylic acids is 2. The summed E-state index contributed by atoms with van der Waals surface area (Å²) in [6.45, 7) is -1.19. The molecule has 43 heavy (non-hydrogen) atoms. The highest BCUT2D eigenvalue weighted by Gasteiger charge is 2.37. The Bertz CT molecular complexity index is 1520. The fraction of sp³-hybridized carbons (Fsp3) is 0.433. The number of hydrogen-bond acceptors (Lipinski definition) is 7. The number of nitriles is 1. The van der Waals surface area contributed by atoms with Gasteiger partial charge in [0.05, 0.1) is 23.4 Å². The molecule has 2 amide bonds. The number of nitrogens with one attached hydrogen (secondary N) is 2. The highest BCUT2D eigenvalue weighted by atomic mass is 19.4. The predicted molar refractivity (Wildman–Crippen MR) is 148 cm³/mol. The van der Waals surface area contributed by atoms with Crippen LogP contribution in [0.25, 0.3) is 5.82 Å². The fourth-order valence-electron chi connectivity index (χ4n) is 5.68. The van der Waals surface area contributed by atoms with Gasteiger partial charge in [0.25, 0.3) is 11.8 Å². The number of aliphatic hydroxyl groups excluding tert-OH is 1. The third-order valence-electron chi connectivity index (χ3n) is 7.97. The quantitative estimate of drug-likeness (QED) is 0.324. The highest BCUT2D eigenvalue weighted by molar-refractivity contribution is 6.08. The first-order chi connectivity index (χ1) is 20.6. The number of amides is 2. The van der Waals surface area contributed by atoms with Gasteiger partial charge in [0, 0.05) is 30.6 Å². The Labute approximate surface area is 245 Å². The largest absolute Gasteiger partial charge is 0.484 e. The second-order valence-corrected chi connectivity index (χ2v) is 11.1. The van der Waals surface area contributed by atoms with Crippen LogP contribution in [0, 0.1) is 16.7 Å². The molecule has 1 aliphatic carbocycles. The summed E-state index contributed by atoms with van der Waals surface area (Å²) in [6.07, 6.45) is 1.66. The van der Waals surface area contributed by atoms with Gasteiger partial charge < -0.3 is 20.5 Å². The molecule has 1 saturated carbocycles. The molecule has 2 aliphatic rings. The number of nitrogens with zero attached hydrogens (tertiary/aromatic N) is 4. The topological polar surface area (TPSA) is 142 Å². The molecule has 1 fully saturated rings. The van der Waals surface area contributed by atoms with Crippen molar-refractivity contribution in [3.63, 3.8) is 0 Å². The molecule has 0 saturated heterocycles. The van der Waals surface area contributed by atoms with E-state index in [1.165, 1.54) is 16.9 Å². The van der Waals surface area contributed by atoms with E-state index in [1.54, 1.807) is 30.3 Å². The van der Waals surface area contributed by atoms with Crippen LogP contribution in [0.5, 0.6) is 5.75 Å². The van der Waals surface area contributed by atoms with Crippen LogP contribution in [0.2, 0.25) is 0 Å². The third kappa shape index (κ3) is 6.97. The van der Waals surface area contributed by atoms with Crippen molar-refractivity contribution < 1.29 is 32.6 Å². The average molecular weight is 597 g/mol. The van der Waals surface area contributed by atoms with Crippen LogP contribution in [-0.2, 0) is 12.8 Å². The van der Waals surface area contributed by atoms with Gasteiger partial charge in [-0.25, -0.2) is 9.67 Å². The monoisotopic (exact) mass is 596 g/mol. The maximum Gasteiger partial charge on any atom is 0.422 e. The molecule has 10 nitrogen and oxygen atoms in total. The molecule has 1 atom stereocenters. The predicted octanol–water partition coefficient (Wildman–Crippen LogP) is 3.65. The van der Waals surface area contributed by atoms with Gasteiger partial charge in [-0.2, -0.15) is 23.5 Å². The standard InChI is InChI=1S/C30H31F3N6O4/c31-30(32,33)18-43-22-5-3-4-19(12-22)6-8-21-13-23-25(27(41)37-21)26(28(42)36-16-29(17-40)10-1-2-11-29)39(38-23)24-9-7-20(14-34)15-35-24/h3-5,7,9,12,15,21,40H,1-2,6,8,10-11,13,16-18H2,(H,36,42)(H,37,41). The Balaban J connectivity index is 1.36. The minimum Gasteiger partial charge on any atom is -0.484 e. The van der Waals surface area contributed by atoms with E-state index in [1.807, 2.05) is 6.07 Å². The van der Waals surface area contributed by atoms with Crippen LogP contribution >= 0.6 is 0 Å². The number of halogens is 3. The van der Waals surface area contributed by atoms with Crippen molar-refractivity contribution in [1.82, 2.24) is 25.4 Å². The van der Waals surface area contributed by atoms with Gasteiger partial charge in [-0.3, -0.25) is 9.59 Å². The number of fused-ring (bicyclic) bond motifs is 1. The van der Waals surface area contributed by atoms with Crippen molar-refractivity contribution in [2.45, 2.75) is 57.2 Å². The summed E-state index contributed by atoms with van der Waals surface area (Å²) in [5.41, 5.74) is 1.22. The van der Waals surface area contributed by atoms with Crippen LogP contribution in [0.15, 0.2) is 42.6 Å². The molecular formula is C30H31F3N6O4. The second-order valence-electron chi connectivity index (χ2n) is 11.1. The summed E-state index contributed by atoms with van der Waals surface area (Å²) in [5, 5.41) is 29.6. The van der Waals surface area contributed by atoms with E-state index in [-0.39, 0.29) is 42.0 Å². The smallest absolute Gasteiger partial charge is 0.422 e. The van der Waals surface area contributed by atoms with Crippen LogP contribution in [0.1, 0.15) is 69.8 Å². The molecular weight excluding hydrogens is 565 g/mol. The van der Waals surface area contributed by atoms with Gasteiger partial charge in [-0.15, -0.1) is 0 Å². The summed E-state index contributed by atoms with van der Waals surface area (Å²) >= 11 is 0. The van der Waals surface area contributed by atoms with Crippen molar-refractivity contribution in [2.75, 3.05) is 19.8 Å². The van der Waals surface area contributed by atoms with Crippen molar-refractivity contribution >= 4 is 11.8 Å². The summed E-state index contributed by atoms with van der Waals surface area (Å²) in [7, 11) is 0. The molecule has 5 rings (SSSR count). The zero-order chi connectivity index (χ0) is 30.6. The van der Waals surface area contributed by atoms with E-state index >= 15 is 0 Å². The van der Waals surface area contributed by atoms with Gasteiger partial charge >= 0.3 is 6.18 Å². The van der Waals surface area contributed by atoms with Crippen LogP contribution < -0.4 is 15.4 Å². The van der Waals surface area contributed by atoms with Gasteiger partial charge in [-0.1, -0.05) is 25.0 Å². The first-order valence-electron chi connectivity index (χ1n) is 14.1. The summed E-state index contributed by atoms with van der Waals surface area (Å²) in [4.78, 5) is 31.3. The number of aromatic nitrogens is 3. The molecule has 226 valence electrons. The minimum absolute atomic E-state index is 0.0174. The van der Waals surface area contributed by atoms with Crippen molar-refractivity contribution in [3.05, 3.63) is 70.7 Å². The Morgan fingerprint density at radius 3 is 2.72 bits per heavy atom. The lowest BCUT2D eigenvalue weighted by atomic mass is 9.87. The average Bonchev–Trinajstić information content (AvgIpc) is 3.64. The second kappa shape index (κ2) is 12.4. The van der Waals surface area contributed by atoms with Crippen molar-refractivity contribution in [3.8, 4) is 17.6 Å². The SMILES string of the molecule is N#Cc1ccc(-n2nc3c(c2C(=O)NCC2(CO)CCCC2)C(=O)NC(CCc2cccc(OCC(F)(F)F)c2)C3)nc1. The van der Waals surface area contributed by atoms with E-state index in [4.69, 9.17) is 10.00 Å². The number of hydrogen-bond donors (Lipinski definition) is 3. The van der Waals surface area contributed by atoms with Gasteiger partial charge in [-0.05, 0) is 55.5 Å². The molecule has 1 unspecified atom stereocenters. The van der Waals surface area contributed by atoms with E-state index in [2.05, 4.69) is 20.7 Å². The molecule has 3 heterocycles. The summed E-state index contributed by atoms with van der Waals surface area (Å²) in [6, 6.07) is 11.1. The van der Waals surface area contributed by atoms with Crippen LogP contribution in [0.4, 0.5) is 13.2 Å². The van der Waals surface area contributed by atoms with Gasteiger partial charge in [0.1, 0.15) is 17.5 Å². The molecule has 1 aromatic carbocycles. The normalized spacial score (nSPS) is 17.6. The molecule has 0 bridgehead atoms. The number of aryl methyl sites for hydroxylation is 1. The molecule has 0 spiro atoms. The van der Waals surface area contributed by atoms with E-state index in [9.17, 15) is 27.9 Å². The molecule has 0 radical (unpaired) electrons. The lowest BCUT2D eigenvalue weighted by Crippen LogP contribution is -2.43. The lowest BCUT2D eigenvalue weighted by molar-refractivity contribution is -0.153. The molecule has 13 heteroatoms. The Kier molecular flexibility index (Phi) is 8.68. The Morgan fingerprint density at radius 2 is 2.05 bits per heavy atom. The minimum atomic E-state index is -4.44. The zero-order valence-corrected chi connectivity index (χ0v) is 23.3. The van der Waals surface area contributed by atoms with Crippen LogP contribution in [0.3, 0.4) is 0 Å². The Morgan fingerprint density at radius 1 is 1.26 bits per heavy atom. The molecule has 3 N–H and O–H groups in total. The first kappa shape index (κ1) is 30.0. The highest BCUT2D eigenvalue weighted by Crippen LogP contribution is 2.37. The van der Waals surface area contributed by atoms with Crippen LogP contribution in [-0.4, -0.2) is 63.7 Å². The van der Waals surface area contributed by atoms with E-state index < -0.39 is 30.0 Å². The molecule has 2 aromatic heterocycles. The van der Waals surface area contributed by atoms with Crippen molar-refractivity contribution in [2.24, 2.45) is 5.41 Å². The van der Waals surface area contributed by atoms with Crippen molar-refractivity contribution in [1.29, 1.82) is 5.26 Å². The lowest BCUT2D eigenvalue weighted by Gasteiger charge is -2.27. The number of alkyl halides is 3. The maximum atomic E-state index is 13.6. The van der Waals surface area contributed by atoms with E-state index in [0.29, 0.717) is 30.5 Å². The molecule has 3 aromatic rings. The zero-order valence-electron chi connectivity index (χ0n) is 23.3. The number of ether oxygens (including phenoxy) is 1. The Hall–Kier alpha value is -4.44. The first-order valence-corrected chi connectivity index (χ1v) is 14.1. The number of aliphatic hydroxyl groups is 1. The molecule has 1 aliphatic heterocycles. The van der Waals surface area contributed by atoms with Gasteiger partial charge in [0.2, 0.25) is 0 Å². The number of carbonyl (C=O) groups is 2. The number of benzene rings is 1. The fourth-order valence-corrected chi connectivity index (χ4v) is 5.68. The van der Waals surface area contributed by atoms with E-state index in [0.717, 1.165) is 31.2 Å². The third-order valence-corrected chi connectivity index (χ3v) is 7.97. The van der Waals surface area contributed by atoms with Gasteiger partial charge in [0.15, 0.2) is 12.4 Å². The summed E-state index contributed by atoms with van der Waals surface area (Å²) < 4.78 is 43.8. The number of rotatable bonds is 10. The maximum absolute atomic E-state index is 13.6. The summed E-state index contributed by atoms with van der Waals surface area (Å²) in [5.74, 6) is -0.633. The number of pyridine rings is 1.